The van der Waals surface area contributed by atoms with Gasteiger partial charge in [-0.25, -0.2) is 0 Å². The largest absolute Gasteiger partial charge is 0.493 e. The van der Waals surface area contributed by atoms with Crippen LogP contribution >= 0.6 is 0 Å². The highest BCUT2D eigenvalue weighted by atomic mass is 16.6. The van der Waals surface area contributed by atoms with Gasteiger partial charge in [0.15, 0.2) is 0 Å². The smallest absolute Gasteiger partial charge is 0.127 e. The topological polar surface area (TPSA) is 27.7 Å². The lowest BCUT2D eigenvalue weighted by atomic mass is 10.1. The summed E-state index contributed by atoms with van der Waals surface area (Å²) in [5, 5.41) is 2.65. The fraction of sp³-hybridized carbons (Fsp3) is 0.600. The summed E-state index contributed by atoms with van der Waals surface area (Å²) in [6.45, 7) is 7.30. The van der Waals surface area contributed by atoms with Crippen LogP contribution < -0.4 is 4.74 Å². The Kier molecular flexibility index (Phi) is 5.02. The molecule has 0 aromatic carbocycles. The van der Waals surface area contributed by atoms with Gasteiger partial charge in [-0.3, -0.25) is 0 Å². The molecule has 1 atom stereocenters. The van der Waals surface area contributed by atoms with Crippen LogP contribution in [0.15, 0.2) is 18.2 Å². The zero-order chi connectivity index (χ0) is 12.8. The zero-order valence-corrected chi connectivity index (χ0v) is 11.3. The summed E-state index contributed by atoms with van der Waals surface area (Å²) in [7, 11) is 0. The minimum Gasteiger partial charge on any atom is -0.493 e. The first-order valence-corrected chi connectivity index (χ1v) is 6.81. The summed E-state index contributed by atoms with van der Waals surface area (Å²) in [4.78, 5) is 0. The van der Waals surface area contributed by atoms with E-state index in [1.807, 2.05) is 6.92 Å². The van der Waals surface area contributed by atoms with E-state index in [1.165, 1.54) is 16.9 Å². The van der Waals surface area contributed by atoms with Crippen LogP contribution in [0.4, 0.5) is 0 Å². The van der Waals surface area contributed by atoms with E-state index >= 15 is 0 Å². The number of rotatable bonds is 4. The highest BCUT2D eigenvalue weighted by molar-refractivity contribution is 5.38. The Morgan fingerprint density at radius 1 is 1.28 bits per heavy atom. The average molecular weight is 250 g/mol. The predicted octanol–water partition coefficient (Wildman–Crippen LogP) is 2.89. The van der Waals surface area contributed by atoms with Crippen molar-refractivity contribution in [3.05, 3.63) is 28.6 Å². The van der Waals surface area contributed by atoms with Crippen molar-refractivity contribution < 1.29 is 14.2 Å². The molecule has 1 fully saturated rings. The van der Waals surface area contributed by atoms with Crippen molar-refractivity contribution in [2.45, 2.75) is 32.8 Å². The average Bonchev–Trinajstić information content (AvgIpc) is 2.38. The fourth-order valence-electron chi connectivity index (χ4n) is 2.05. The van der Waals surface area contributed by atoms with Gasteiger partial charge >= 0.3 is 0 Å². The van der Waals surface area contributed by atoms with Crippen LogP contribution in [-0.2, 0) is 9.47 Å². The molecule has 3 nitrogen and oxygen atoms in total. The molecule has 1 saturated heterocycles. The van der Waals surface area contributed by atoms with Gasteiger partial charge in [0, 0.05) is 5.22 Å². The molecule has 1 unspecified atom stereocenters. The van der Waals surface area contributed by atoms with Gasteiger partial charge in [-0.15, -0.1) is 0 Å². The fourth-order valence-corrected chi connectivity index (χ4v) is 2.05. The number of benzene rings is 1. The summed E-state index contributed by atoms with van der Waals surface area (Å²) in [6.07, 6.45) is 2.71. The predicted molar refractivity (Wildman–Crippen MR) is 70.8 cm³/mol. The van der Waals surface area contributed by atoms with Gasteiger partial charge in [-0.2, -0.15) is 0 Å². The first kappa shape index (κ1) is 13.4. The number of ether oxygens (including phenoxy) is 3. The Morgan fingerprint density at radius 2 is 2.17 bits per heavy atom. The standard InChI is InChI=1S/C8H8O.C7H14O2/c1-2-9-8-5-6-3-4-7(6)8;1-2-3-7-6-8-4-5-9-7/h3-5H,2H2,1H3;7H,2-6H2,1H3. The van der Waals surface area contributed by atoms with Crippen LogP contribution in [0.2, 0.25) is 0 Å². The summed E-state index contributed by atoms with van der Waals surface area (Å²) in [6, 6.07) is 6.25. The van der Waals surface area contributed by atoms with Crippen molar-refractivity contribution >= 4 is 0 Å². The summed E-state index contributed by atoms with van der Waals surface area (Å²) in [5.74, 6) is 1.06. The maximum absolute atomic E-state index is 5.39. The van der Waals surface area contributed by atoms with E-state index in [0.717, 1.165) is 38.6 Å². The third-order valence-electron chi connectivity index (χ3n) is 3.09. The van der Waals surface area contributed by atoms with Gasteiger partial charge in [0.25, 0.3) is 0 Å². The Bertz CT molecular complexity index is 447. The molecule has 0 aromatic rings. The Labute approximate surface area is 108 Å². The van der Waals surface area contributed by atoms with E-state index in [-0.39, 0.29) is 0 Å². The maximum Gasteiger partial charge on any atom is 0.127 e. The van der Waals surface area contributed by atoms with E-state index in [9.17, 15) is 0 Å². The maximum atomic E-state index is 5.39. The molecule has 3 heteroatoms. The normalized spacial score (nSPS) is 19.8. The second-order valence-corrected chi connectivity index (χ2v) is 4.50. The molecule has 0 saturated carbocycles. The summed E-state index contributed by atoms with van der Waals surface area (Å²) in [5.41, 5.74) is 0. The molecule has 2 aliphatic carbocycles. The Hall–Kier alpha value is -1.06. The van der Waals surface area contributed by atoms with Crippen LogP contribution in [0.25, 0.3) is 0 Å². The third-order valence-corrected chi connectivity index (χ3v) is 3.09. The van der Waals surface area contributed by atoms with Crippen molar-refractivity contribution in [3.63, 3.8) is 0 Å². The molecule has 3 rings (SSSR count). The van der Waals surface area contributed by atoms with Gasteiger partial charge < -0.3 is 14.2 Å². The molecule has 0 N–H and O–H groups in total. The quantitative estimate of drug-likeness (QED) is 0.835. The van der Waals surface area contributed by atoms with E-state index < -0.39 is 0 Å². The minimum absolute atomic E-state index is 0.378. The first-order chi connectivity index (χ1) is 8.85. The van der Waals surface area contributed by atoms with Crippen LogP contribution in [-0.4, -0.2) is 32.5 Å². The lowest BCUT2D eigenvalue weighted by Gasteiger charge is -2.21. The van der Waals surface area contributed by atoms with Gasteiger partial charge in [0.2, 0.25) is 0 Å². The Morgan fingerprint density at radius 3 is 2.61 bits per heavy atom. The highest BCUT2D eigenvalue weighted by Gasteiger charge is 2.11. The molecule has 0 radical (unpaired) electrons. The molecular weight excluding hydrogens is 228 g/mol. The molecule has 0 aromatic heterocycles. The monoisotopic (exact) mass is 250 g/mol. The van der Waals surface area contributed by atoms with Crippen molar-refractivity contribution in [1.29, 1.82) is 0 Å². The Balaban J connectivity index is 0.000000134. The number of hydrogen-bond acceptors (Lipinski definition) is 3. The number of hydrogen-bond donors (Lipinski definition) is 0. The molecule has 0 bridgehead atoms. The van der Waals surface area contributed by atoms with Crippen LogP contribution in [0.5, 0.6) is 5.75 Å². The van der Waals surface area contributed by atoms with Gasteiger partial charge in [-0.1, -0.05) is 25.5 Å². The molecule has 1 heterocycles. The van der Waals surface area contributed by atoms with Crippen LogP contribution in [0.1, 0.15) is 26.7 Å². The molecule has 1 aliphatic heterocycles. The lowest BCUT2D eigenvalue weighted by molar-refractivity contribution is -0.0906. The first-order valence-electron chi connectivity index (χ1n) is 6.81. The lowest BCUT2D eigenvalue weighted by Crippen LogP contribution is -2.28. The van der Waals surface area contributed by atoms with Gasteiger partial charge in [-0.05, 0) is 24.6 Å². The SMILES string of the molecule is CCCC1COCCO1.CCOc1cc2ccc1=2. The van der Waals surface area contributed by atoms with E-state index in [4.69, 9.17) is 14.2 Å². The summed E-state index contributed by atoms with van der Waals surface area (Å²) < 4.78 is 15.9. The molecule has 100 valence electrons. The van der Waals surface area contributed by atoms with E-state index in [1.54, 1.807) is 0 Å². The molecule has 3 aliphatic rings. The third kappa shape index (κ3) is 3.24. The second-order valence-electron chi connectivity index (χ2n) is 4.50. The van der Waals surface area contributed by atoms with Crippen LogP contribution in [0, 0.1) is 10.4 Å². The molecule has 0 spiro atoms. The van der Waals surface area contributed by atoms with E-state index in [0.29, 0.717) is 6.10 Å². The minimum atomic E-state index is 0.378. The summed E-state index contributed by atoms with van der Waals surface area (Å²) >= 11 is 0. The van der Waals surface area contributed by atoms with Crippen molar-refractivity contribution in [2.24, 2.45) is 0 Å². The van der Waals surface area contributed by atoms with Crippen molar-refractivity contribution in [3.8, 4) is 5.75 Å². The van der Waals surface area contributed by atoms with Crippen molar-refractivity contribution in [2.75, 3.05) is 26.4 Å². The van der Waals surface area contributed by atoms with Crippen LogP contribution in [0.3, 0.4) is 0 Å². The molecule has 0 amide bonds. The van der Waals surface area contributed by atoms with Gasteiger partial charge in [0.1, 0.15) is 5.75 Å². The second kappa shape index (κ2) is 6.76. The highest BCUT2D eigenvalue weighted by Crippen LogP contribution is 2.23. The molecule has 18 heavy (non-hydrogen) atoms. The van der Waals surface area contributed by atoms with E-state index in [2.05, 4.69) is 25.1 Å². The van der Waals surface area contributed by atoms with Gasteiger partial charge in [0.05, 0.1) is 32.5 Å². The zero-order valence-electron chi connectivity index (χ0n) is 11.3. The van der Waals surface area contributed by atoms with Crippen molar-refractivity contribution in [1.82, 2.24) is 0 Å². The molecular formula is C15H22O3.